The summed E-state index contributed by atoms with van der Waals surface area (Å²) in [5.41, 5.74) is 8.22. The second kappa shape index (κ2) is 6.14. The minimum Gasteiger partial charge on any atom is -0.384 e. The van der Waals surface area contributed by atoms with Crippen LogP contribution in [0.2, 0.25) is 0 Å². The Balaban J connectivity index is 1.56. The van der Waals surface area contributed by atoms with E-state index in [1.807, 2.05) is 17.0 Å². The number of pyridine rings is 1. The van der Waals surface area contributed by atoms with Gasteiger partial charge in [-0.25, -0.2) is 9.37 Å². The van der Waals surface area contributed by atoms with Gasteiger partial charge in [0.1, 0.15) is 11.6 Å². The fourth-order valence-corrected chi connectivity index (χ4v) is 4.43. The third-order valence-corrected chi connectivity index (χ3v) is 5.65. The molecule has 2 saturated heterocycles. The molecule has 1 aromatic carbocycles. The van der Waals surface area contributed by atoms with E-state index in [0.717, 1.165) is 25.7 Å². The zero-order chi connectivity index (χ0) is 17.6. The van der Waals surface area contributed by atoms with Crippen molar-refractivity contribution < 1.29 is 9.18 Å². The summed E-state index contributed by atoms with van der Waals surface area (Å²) in [5.74, 6) is 0.656. The monoisotopic (exact) mass is 339 g/mol. The van der Waals surface area contributed by atoms with Crippen molar-refractivity contribution in [3.63, 3.8) is 0 Å². The lowest BCUT2D eigenvalue weighted by atomic mass is 9.84. The van der Waals surface area contributed by atoms with Gasteiger partial charge >= 0.3 is 0 Å². The molecule has 25 heavy (non-hydrogen) atoms. The molecule has 0 aliphatic carbocycles. The molecule has 2 aliphatic rings. The maximum absolute atomic E-state index is 13.6. The highest BCUT2D eigenvalue weighted by Gasteiger charge is 2.43. The molecule has 2 aromatic rings. The summed E-state index contributed by atoms with van der Waals surface area (Å²) in [7, 11) is 0. The maximum atomic E-state index is 13.6. The number of carbonyl (C=O) groups excluding carboxylic acids is 1. The largest absolute Gasteiger partial charge is 0.384 e. The van der Waals surface area contributed by atoms with Crippen LogP contribution in [-0.2, 0) is 0 Å². The molecule has 0 radical (unpaired) electrons. The number of anilines is 1. The van der Waals surface area contributed by atoms with Gasteiger partial charge in [-0.15, -0.1) is 0 Å². The number of carbonyl (C=O) groups is 1. The number of halogens is 1. The van der Waals surface area contributed by atoms with Crippen LogP contribution in [0, 0.1) is 12.7 Å². The van der Waals surface area contributed by atoms with Crippen LogP contribution in [0.15, 0.2) is 36.5 Å². The normalized spacial score (nSPS) is 25.2. The van der Waals surface area contributed by atoms with Gasteiger partial charge in [0.15, 0.2) is 0 Å². The molecule has 1 unspecified atom stereocenters. The van der Waals surface area contributed by atoms with E-state index in [9.17, 15) is 9.18 Å². The van der Waals surface area contributed by atoms with Gasteiger partial charge in [0.05, 0.1) is 0 Å². The van der Waals surface area contributed by atoms with E-state index in [2.05, 4.69) is 4.98 Å². The first kappa shape index (κ1) is 16.1. The average molecular weight is 339 g/mol. The predicted molar refractivity (Wildman–Crippen MR) is 94.7 cm³/mol. The highest BCUT2D eigenvalue weighted by Crippen LogP contribution is 2.43. The lowest BCUT2D eigenvalue weighted by Gasteiger charge is -2.39. The van der Waals surface area contributed by atoms with E-state index in [1.165, 1.54) is 5.56 Å². The molecule has 0 saturated carbocycles. The van der Waals surface area contributed by atoms with Crippen molar-refractivity contribution in [2.45, 2.75) is 50.6 Å². The molecule has 5 heteroatoms. The van der Waals surface area contributed by atoms with Crippen molar-refractivity contribution in [1.29, 1.82) is 0 Å². The number of piperidine rings is 1. The Hall–Kier alpha value is -2.43. The molecule has 2 N–H and O–H groups in total. The molecule has 0 spiro atoms. The van der Waals surface area contributed by atoms with Crippen LogP contribution in [0.25, 0.3) is 0 Å². The molecule has 4 rings (SSSR count). The molecule has 4 nitrogen and oxygen atoms in total. The Morgan fingerprint density at radius 2 is 1.92 bits per heavy atom. The second-order valence-corrected chi connectivity index (χ2v) is 7.24. The highest BCUT2D eigenvalue weighted by atomic mass is 19.1. The van der Waals surface area contributed by atoms with E-state index in [0.29, 0.717) is 22.9 Å². The smallest absolute Gasteiger partial charge is 0.254 e. The minimum absolute atomic E-state index is 0.0512. The number of benzene rings is 1. The minimum atomic E-state index is -0.158. The second-order valence-electron chi connectivity index (χ2n) is 7.24. The number of rotatable bonds is 2. The number of nitrogen functional groups attached to an aromatic ring is 1. The Morgan fingerprint density at radius 1 is 1.20 bits per heavy atom. The first-order chi connectivity index (χ1) is 12.0. The van der Waals surface area contributed by atoms with Crippen LogP contribution in [0.4, 0.5) is 10.2 Å². The number of hydrogen-bond donors (Lipinski definition) is 1. The topological polar surface area (TPSA) is 59.2 Å². The highest BCUT2D eigenvalue weighted by molar-refractivity contribution is 5.95. The summed E-state index contributed by atoms with van der Waals surface area (Å²) < 4.78 is 13.6. The Labute approximate surface area is 146 Å². The van der Waals surface area contributed by atoms with Crippen LogP contribution < -0.4 is 5.73 Å². The number of fused-ring (bicyclic) bond motifs is 2. The number of hydrogen-bond acceptors (Lipinski definition) is 3. The fraction of sp³-hybridized carbons (Fsp3) is 0.400. The summed E-state index contributed by atoms with van der Waals surface area (Å²) >= 11 is 0. The zero-order valence-electron chi connectivity index (χ0n) is 14.3. The SMILES string of the molecule is Cc1cc(C2C[C@H]3CC[C@@H](C2)N3C(=O)c2ccnc(N)c2)ccc1F. The Kier molecular flexibility index (Phi) is 3.94. The number of nitrogens with zero attached hydrogens (tertiary/aromatic N) is 2. The first-order valence-electron chi connectivity index (χ1n) is 8.83. The number of aromatic nitrogens is 1. The van der Waals surface area contributed by atoms with Crippen LogP contribution in [0.5, 0.6) is 0 Å². The molecule has 130 valence electrons. The van der Waals surface area contributed by atoms with Gasteiger partial charge in [0.25, 0.3) is 5.91 Å². The van der Waals surface area contributed by atoms with Gasteiger partial charge in [0, 0.05) is 23.8 Å². The molecular formula is C20H22FN3O. The van der Waals surface area contributed by atoms with Gasteiger partial charge in [-0.3, -0.25) is 4.79 Å². The molecule has 3 heterocycles. The van der Waals surface area contributed by atoms with Crippen LogP contribution in [-0.4, -0.2) is 27.9 Å². The lowest BCUT2D eigenvalue weighted by Crippen LogP contribution is -2.46. The standard InChI is InChI=1S/C20H22FN3O/c1-12-8-13(2-5-18(12)21)15-9-16-3-4-17(10-15)24(16)20(25)14-6-7-23-19(22)11-14/h2,5-8,11,15-17H,3-4,9-10H2,1H3,(H2,22,23)/t15?,16-,17+. The fourth-order valence-electron chi connectivity index (χ4n) is 4.43. The first-order valence-corrected chi connectivity index (χ1v) is 8.83. The Morgan fingerprint density at radius 3 is 2.56 bits per heavy atom. The quantitative estimate of drug-likeness (QED) is 0.908. The summed E-state index contributed by atoms with van der Waals surface area (Å²) in [6.45, 7) is 1.81. The summed E-state index contributed by atoms with van der Waals surface area (Å²) in [6, 6.07) is 9.29. The maximum Gasteiger partial charge on any atom is 0.254 e. The third-order valence-electron chi connectivity index (χ3n) is 5.65. The predicted octanol–water partition coefficient (Wildman–Crippen LogP) is 3.66. The molecule has 2 bridgehead atoms. The van der Waals surface area contributed by atoms with E-state index in [1.54, 1.807) is 31.3 Å². The third kappa shape index (κ3) is 2.88. The zero-order valence-corrected chi connectivity index (χ0v) is 14.3. The van der Waals surface area contributed by atoms with Crippen molar-refractivity contribution in [2.75, 3.05) is 5.73 Å². The van der Waals surface area contributed by atoms with Crippen molar-refractivity contribution in [3.05, 3.63) is 59.0 Å². The Bertz CT molecular complexity index is 808. The molecule has 1 aromatic heterocycles. The van der Waals surface area contributed by atoms with Crippen LogP contribution in [0.3, 0.4) is 0 Å². The van der Waals surface area contributed by atoms with Gasteiger partial charge in [-0.05, 0) is 67.9 Å². The molecular weight excluding hydrogens is 317 g/mol. The lowest BCUT2D eigenvalue weighted by molar-refractivity contribution is 0.0571. The van der Waals surface area contributed by atoms with E-state index < -0.39 is 0 Å². The summed E-state index contributed by atoms with van der Waals surface area (Å²) in [4.78, 5) is 19.0. The summed E-state index contributed by atoms with van der Waals surface area (Å²) in [6.07, 6.45) is 5.53. The van der Waals surface area contributed by atoms with Crippen molar-refractivity contribution >= 4 is 11.7 Å². The van der Waals surface area contributed by atoms with Gasteiger partial charge < -0.3 is 10.6 Å². The number of aryl methyl sites for hydroxylation is 1. The van der Waals surface area contributed by atoms with E-state index in [4.69, 9.17) is 5.73 Å². The van der Waals surface area contributed by atoms with Crippen molar-refractivity contribution in [2.24, 2.45) is 0 Å². The van der Waals surface area contributed by atoms with Gasteiger partial charge in [-0.1, -0.05) is 12.1 Å². The molecule has 1 amide bonds. The van der Waals surface area contributed by atoms with Crippen LogP contribution in [0.1, 0.15) is 53.1 Å². The molecule has 2 fully saturated rings. The molecule has 3 atom stereocenters. The number of amides is 1. The number of nitrogens with two attached hydrogens (primary N) is 1. The molecule has 2 aliphatic heterocycles. The van der Waals surface area contributed by atoms with Crippen LogP contribution >= 0.6 is 0 Å². The average Bonchev–Trinajstić information content (AvgIpc) is 2.86. The van der Waals surface area contributed by atoms with Crippen molar-refractivity contribution in [3.8, 4) is 0 Å². The summed E-state index contributed by atoms with van der Waals surface area (Å²) in [5, 5.41) is 0. The van der Waals surface area contributed by atoms with Crippen molar-refractivity contribution in [1.82, 2.24) is 9.88 Å². The van der Waals surface area contributed by atoms with E-state index in [-0.39, 0.29) is 23.8 Å². The van der Waals surface area contributed by atoms with Gasteiger partial charge in [-0.2, -0.15) is 0 Å². The van der Waals surface area contributed by atoms with Gasteiger partial charge in [0.2, 0.25) is 0 Å². The van der Waals surface area contributed by atoms with E-state index >= 15 is 0 Å².